The van der Waals surface area contributed by atoms with Crippen LogP contribution in [0, 0.1) is 6.92 Å². The quantitative estimate of drug-likeness (QED) is 0.561. The lowest BCUT2D eigenvalue weighted by atomic mass is 10.1. The smallest absolute Gasteiger partial charge is 0.349 e. The second kappa shape index (κ2) is 6.00. The number of para-hydroxylation sites is 1. The summed E-state index contributed by atoms with van der Waals surface area (Å²) in [7, 11) is 0. The molecule has 0 bridgehead atoms. The van der Waals surface area contributed by atoms with Crippen molar-refractivity contribution in [1.82, 2.24) is 0 Å². The van der Waals surface area contributed by atoms with Crippen LogP contribution >= 0.6 is 0 Å². The van der Waals surface area contributed by atoms with E-state index in [1.54, 1.807) is 49.4 Å². The molecule has 4 rings (SSSR count). The molecule has 0 aliphatic rings. The molecule has 6 heteroatoms. The van der Waals surface area contributed by atoms with Gasteiger partial charge in [-0.25, -0.2) is 9.59 Å². The van der Waals surface area contributed by atoms with Crippen molar-refractivity contribution in [2.45, 2.75) is 6.92 Å². The molecule has 0 atom stereocenters. The van der Waals surface area contributed by atoms with E-state index in [1.165, 1.54) is 12.1 Å². The fraction of sp³-hybridized carbons (Fsp3) is 0.0500. The number of anilines is 1. The highest BCUT2D eigenvalue weighted by Gasteiger charge is 2.14. The molecule has 1 N–H and O–H groups in total. The second-order valence-corrected chi connectivity index (χ2v) is 5.90. The summed E-state index contributed by atoms with van der Waals surface area (Å²) < 4.78 is 10.3. The number of hydrogen-bond acceptors (Lipinski definition) is 5. The molecule has 0 radical (unpaired) electrons. The molecule has 2 heterocycles. The van der Waals surface area contributed by atoms with Gasteiger partial charge >= 0.3 is 11.3 Å². The van der Waals surface area contributed by atoms with Crippen molar-refractivity contribution in [3.05, 3.63) is 86.6 Å². The number of aryl methyl sites for hydroxylation is 1. The van der Waals surface area contributed by atoms with Gasteiger partial charge in [0.2, 0.25) is 0 Å². The van der Waals surface area contributed by atoms with Gasteiger partial charge in [-0.1, -0.05) is 18.2 Å². The minimum atomic E-state index is -0.718. The van der Waals surface area contributed by atoms with Gasteiger partial charge in [0.15, 0.2) is 0 Å². The third kappa shape index (κ3) is 2.77. The zero-order chi connectivity index (χ0) is 18.3. The summed E-state index contributed by atoms with van der Waals surface area (Å²) in [6.45, 7) is 1.80. The molecule has 2 aromatic carbocycles. The van der Waals surface area contributed by atoms with Crippen molar-refractivity contribution in [3.8, 4) is 0 Å². The van der Waals surface area contributed by atoms with Crippen LogP contribution in [0.15, 0.2) is 73.0 Å². The van der Waals surface area contributed by atoms with Crippen LogP contribution in [0.2, 0.25) is 0 Å². The fourth-order valence-electron chi connectivity index (χ4n) is 2.82. The minimum Gasteiger partial charge on any atom is -0.423 e. The van der Waals surface area contributed by atoms with Crippen molar-refractivity contribution in [2.75, 3.05) is 5.32 Å². The van der Waals surface area contributed by atoms with E-state index in [0.717, 1.165) is 10.9 Å². The van der Waals surface area contributed by atoms with Crippen LogP contribution in [-0.2, 0) is 0 Å². The predicted octanol–water partition coefficient (Wildman–Crippen LogP) is 3.46. The Morgan fingerprint density at radius 2 is 1.73 bits per heavy atom. The van der Waals surface area contributed by atoms with Crippen LogP contribution in [0.3, 0.4) is 0 Å². The van der Waals surface area contributed by atoms with Gasteiger partial charge in [-0.15, -0.1) is 0 Å². The first-order chi connectivity index (χ1) is 12.5. The highest BCUT2D eigenvalue weighted by molar-refractivity contribution is 6.06. The Balaban J connectivity index is 1.72. The maximum Gasteiger partial charge on any atom is 0.349 e. The van der Waals surface area contributed by atoms with E-state index < -0.39 is 17.2 Å². The van der Waals surface area contributed by atoms with Gasteiger partial charge in [-0.05, 0) is 36.8 Å². The Morgan fingerprint density at radius 1 is 0.923 bits per heavy atom. The zero-order valence-electron chi connectivity index (χ0n) is 13.7. The van der Waals surface area contributed by atoms with Crippen LogP contribution in [0.4, 0.5) is 5.69 Å². The molecule has 0 unspecified atom stereocenters. The first-order valence-electron chi connectivity index (χ1n) is 7.90. The van der Waals surface area contributed by atoms with E-state index in [0.29, 0.717) is 22.2 Å². The first-order valence-corrected chi connectivity index (χ1v) is 7.90. The zero-order valence-corrected chi connectivity index (χ0v) is 13.7. The van der Waals surface area contributed by atoms with Gasteiger partial charge < -0.3 is 14.2 Å². The number of benzene rings is 2. The molecule has 0 saturated heterocycles. The SMILES string of the molecule is Cc1cc(=O)oc2cc(NC(=O)c3cc4ccccc4oc3=O)ccc12. The molecule has 0 aliphatic carbocycles. The molecule has 1 amide bonds. The lowest BCUT2D eigenvalue weighted by molar-refractivity contribution is 0.102. The maximum atomic E-state index is 12.5. The molecular weight excluding hydrogens is 334 g/mol. The number of carbonyl (C=O) groups excluding carboxylic acids is 1. The Morgan fingerprint density at radius 3 is 2.58 bits per heavy atom. The Bertz CT molecular complexity index is 1280. The van der Waals surface area contributed by atoms with Crippen molar-refractivity contribution in [3.63, 3.8) is 0 Å². The van der Waals surface area contributed by atoms with E-state index >= 15 is 0 Å². The predicted molar refractivity (Wildman–Crippen MR) is 97.7 cm³/mol. The molecule has 6 nitrogen and oxygen atoms in total. The highest BCUT2D eigenvalue weighted by Crippen LogP contribution is 2.21. The van der Waals surface area contributed by atoms with Gasteiger partial charge in [-0.2, -0.15) is 0 Å². The highest BCUT2D eigenvalue weighted by atomic mass is 16.4. The summed E-state index contributed by atoms with van der Waals surface area (Å²) in [6, 6.07) is 14.8. The Kier molecular flexibility index (Phi) is 3.65. The number of rotatable bonds is 2. The van der Waals surface area contributed by atoms with Gasteiger partial charge in [-0.3, -0.25) is 4.79 Å². The molecule has 128 valence electrons. The first kappa shape index (κ1) is 15.8. The topological polar surface area (TPSA) is 89.5 Å². The van der Waals surface area contributed by atoms with E-state index in [4.69, 9.17) is 8.83 Å². The molecular formula is C20H13NO5. The standard InChI is InChI=1S/C20H13NO5/c1-11-8-18(22)25-17-10-13(6-7-14(11)17)21-19(23)15-9-12-4-2-3-5-16(12)26-20(15)24/h2-10H,1H3,(H,21,23). The number of hydrogen-bond donors (Lipinski definition) is 1. The molecule has 0 spiro atoms. The van der Waals surface area contributed by atoms with Crippen LogP contribution < -0.4 is 16.6 Å². The van der Waals surface area contributed by atoms with E-state index in [2.05, 4.69) is 5.32 Å². The number of nitrogens with one attached hydrogen (secondary N) is 1. The molecule has 4 aromatic rings. The number of amides is 1. The van der Waals surface area contributed by atoms with Crippen LogP contribution in [-0.4, -0.2) is 5.91 Å². The largest absolute Gasteiger partial charge is 0.423 e. The van der Waals surface area contributed by atoms with Gasteiger partial charge in [0.1, 0.15) is 16.7 Å². The molecule has 0 saturated carbocycles. The van der Waals surface area contributed by atoms with Gasteiger partial charge in [0.05, 0.1) is 0 Å². The van der Waals surface area contributed by atoms with Crippen LogP contribution in [0.5, 0.6) is 0 Å². The minimum absolute atomic E-state index is 0.102. The van der Waals surface area contributed by atoms with Gasteiger partial charge in [0.25, 0.3) is 5.91 Å². The molecule has 2 aromatic heterocycles. The second-order valence-electron chi connectivity index (χ2n) is 5.90. The summed E-state index contributed by atoms with van der Waals surface area (Å²) in [5.41, 5.74) is 0.677. The summed E-state index contributed by atoms with van der Waals surface area (Å²) in [5.74, 6) is -0.598. The lowest BCUT2D eigenvalue weighted by Crippen LogP contribution is -2.20. The lowest BCUT2D eigenvalue weighted by Gasteiger charge is -2.07. The third-order valence-corrected chi connectivity index (χ3v) is 4.10. The van der Waals surface area contributed by atoms with Gasteiger partial charge in [0, 0.05) is 28.6 Å². The van der Waals surface area contributed by atoms with Crippen molar-refractivity contribution in [2.24, 2.45) is 0 Å². The average Bonchev–Trinajstić information content (AvgIpc) is 2.60. The van der Waals surface area contributed by atoms with Crippen molar-refractivity contribution >= 4 is 33.5 Å². The van der Waals surface area contributed by atoms with E-state index in [1.807, 2.05) is 0 Å². The fourth-order valence-corrected chi connectivity index (χ4v) is 2.82. The van der Waals surface area contributed by atoms with Crippen molar-refractivity contribution < 1.29 is 13.6 Å². The summed E-state index contributed by atoms with van der Waals surface area (Å²) >= 11 is 0. The maximum absolute atomic E-state index is 12.5. The van der Waals surface area contributed by atoms with E-state index in [-0.39, 0.29) is 5.56 Å². The Labute approximate surface area is 146 Å². The molecule has 0 aliphatic heterocycles. The normalized spacial score (nSPS) is 11.0. The summed E-state index contributed by atoms with van der Waals surface area (Å²) in [4.78, 5) is 36.1. The van der Waals surface area contributed by atoms with E-state index in [9.17, 15) is 14.4 Å². The Hall–Kier alpha value is -3.67. The van der Waals surface area contributed by atoms with Crippen molar-refractivity contribution in [1.29, 1.82) is 0 Å². The molecule has 26 heavy (non-hydrogen) atoms. The van der Waals surface area contributed by atoms with Crippen LogP contribution in [0.1, 0.15) is 15.9 Å². The van der Waals surface area contributed by atoms with Crippen LogP contribution in [0.25, 0.3) is 21.9 Å². The monoisotopic (exact) mass is 347 g/mol. The average molecular weight is 347 g/mol. The number of carbonyl (C=O) groups is 1. The summed E-state index contributed by atoms with van der Waals surface area (Å²) in [6.07, 6.45) is 0. The number of fused-ring (bicyclic) bond motifs is 2. The third-order valence-electron chi connectivity index (χ3n) is 4.10. The summed E-state index contributed by atoms with van der Waals surface area (Å²) in [5, 5.41) is 4.06. The molecule has 0 fully saturated rings.